The van der Waals surface area contributed by atoms with Crippen LogP contribution in [0.15, 0.2) is 77.3 Å². The molecule has 158 valence electrons. The fraction of sp³-hybridized carbons (Fsp3) is 0.207. The van der Waals surface area contributed by atoms with Gasteiger partial charge in [-0.2, -0.15) is 0 Å². The van der Waals surface area contributed by atoms with Crippen LogP contribution in [-0.2, 0) is 13.4 Å². The van der Waals surface area contributed by atoms with Crippen molar-refractivity contribution < 1.29 is 11.7 Å². The molecule has 5 aromatic rings. The van der Waals surface area contributed by atoms with E-state index in [4.69, 9.17) is 7.16 Å². The molecule has 2 nitrogen and oxygen atoms in total. The summed E-state index contributed by atoms with van der Waals surface area (Å²) in [6.07, 6.45) is 0.820. The van der Waals surface area contributed by atoms with Crippen molar-refractivity contribution in [3.05, 3.63) is 84.1 Å². The Labute approximate surface area is 194 Å². The van der Waals surface area contributed by atoms with E-state index < -0.39 is 19.6 Å². The molecule has 32 heavy (non-hydrogen) atoms. The van der Waals surface area contributed by atoms with E-state index in [1.54, 1.807) is 0 Å². The Morgan fingerprint density at radius 1 is 0.875 bits per heavy atom. The monoisotopic (exact) mass is 482 g/mol. The van der Waals surface area contributed by atoms with E-state index in [9.17, 15) is 0 Å². The number of fused-ring (bicyclic) bond motifs is 4. The molecule has 2 aromatic heterocycles. The van der Waals surface area contributed by atoms with E-state index in [0.29, 0.717) is 5.25 Å². The summed E-state index contributed by atoms with van der Waals surface area (Å²) in [4.78, 5) is 0. The average molecular weight is 481 g/mol. The topological polar surface area (TPSA) is 17.0 Å². The first-order valence-electron chi connectivity index (χ1n) is 12.2. The average Bonchev–Trinajstić information content (AvgIpc) is 3.26. The molecule has 6 rings (SSSR count). The molecule has 0 unspecified atom stereocenters. The molecule has 0 atom stereocenters. The van der Waals surface area contributed by atoms with Crippen molar-refractivity contribution >= 4 is 39.6 Å². The number of para-hydroxylation sites is 1. The van der Waals surface area contributed by atoms with Gasteiger partial charge in [0.05, 0.1) is 0 Å². The van der Waals surface area contributed by atoms with Crippen molar-refractivity contribution in [2.45, 2.75) is 30.1 Å². The van der Waals surface area contributed by atoms with Crippen molar-refractivity contribution in [2.24, 2.45) is 7.05 Å². The second-order valence-corrected chi connectivity index (χ2v) is 19.3. The van der Waals surface area contributed by atoms with Crippen LogP contribution in [0, 0.1) is 6.92 Å². The van der Waals surface area contributed by atoms with Crippen LogP contribution in [0.4, 0.5) is 0 Å². The predicted molar refractivity (Wildman–Crippen MR) is 136 cm³/mol. The first-order valence-corrected chi connectivity index (χ1v) is 18.0. The Hall–Kier alpha value is -2.85. The molecule has 0 spiro atoms. The summed E-state index contributed by atoms with van der Waals surface area (Å²) in [5, 5.41) is 2.89. The fourth-order valence-electron chi connectivity index (χ4n) is 5.33. The van der Waals surface area contributed by atoms with E-state index in [0.717, 1.165) is 49.9 Å². The van der Waals surface area contributed by atoms with Gasteiger partial charge in [0.25, 0.3) is 0 Å². The van der Waals surface area contributed by atoms with Gasteiger partial charge in [-0.05, 0) is 0 Å². The molecule has 1 aliphatic rings. The van der Waals surface area contributed by atoms with E-state index in [1.807, 2.05) is 18.2 Å². The van der Waals surface area contributed by atoms with Crippen molar-refractivity contribution in [3.8, 4) is 22.4 Å². The molecule has 0 saturated heterocycles. The molecule has 3 aromatic carbocycles. The summed E-state index contributed by atoms with van der Waals surface area (Å²) in [5.74, 6) is 4.67. The summed E-state index contributed by atoms with van der Waals surface area (Å²) in [6, 6.07) is 23.2. The molecule has 3 heteroatoms. The van der Waals surface area contributed by atoms with Crippen molar-refractivity contribution in [2.75, 3.05) is 0 Å². The molecule has 0 bridgehead atoms. The fourth-order valence-corrected chi connectivity index (χ4v) is 10.9. The first-order chi connectivity index (χ1) is 16.2. The van der Waals surface area contributed by atoms with Crippen molar-refractivity contribution in [1.29, 1.82) is 0 Å². The molecule has 3 heterocycles. The van der Waals surface area contributed by atoms with E-state index >= 15 is 0 Å². The third-order valence-corrected chi connectivity index (χ3v) is 13.1. The van der Waals surface area contributed by atoms with Crippen LogP contribution >= 0.6 is 0 Å². The zero-order valence-corrected chi connectivity index (χ0v) is 21.1. The van der Waals surface area contributed by atoms with Gasteiger partial charge < -0.3 is 0 Å². The van der Waals surface area contributed by atoms with E-state index in [-0.39, 0.29) is 0 Å². The Morgan fingerprint density at radius 2 is 1.66 bits per heavy atom. The zero-order chi connectivity index (χ0) is 23.8. The number of pyridine rings is 1. The van der Waals surface area contributed by atoms with E-state index in [1.165, 1.54) is 9.96 Å². The zero-order valence-electron chi connectivity index (χ0n) is 21.0. The number of benzene rings is 3. The van der Waals surface area contributed by atoms with Crippen LogP contribution in [-0.4, -0.2) is 13.3 Å². The molecule has 0 radical (unpaired) electrons. The first kappa shape index (κ1) is 17.7. The van der Waals surface area contributed by atoms with Gasteiger partial charge in [-0.25, -0.2) is 0 Å². The molecule has 0 amide bonds. The minimum atomic E-state index is -2.54. The van der Waals surface area contributed by atoms with Gasteiger partial charge in [0.1, 0.15) is 0 Å². The standard InChI is InChI=1S/C29H28GeNO/c1-19-14-15-24-23-12-8-11-22(21-10-7-9-20-16-17-30(2,3)27(20)21)28(23)32-29(24)26(19)25-13-5-6-18-31(25)4/h5-15,18H,16-17H2,1-4H3/q+1/i16D2. The van der Waals surface area contributed by atoms with Gasteiger partial charge in [-0.15, -0.1) is 0 Å². The molecular weight excluding hydrogens is 451 g/mol. The van der Waals surface area contributed by atoms with Crippen molar-refractivity contribution in [1.82, 2.24) is 0 Å². The van der Waals surface area contributed by atoms with Gasteiger partial charge >= 0.3 is 195 Å². The number of hydrogen-bond acceptors (Lipinski definition) is 1. The second kappa shape index (κ2) is 7.08. The Morgan fingerprint density at radius 3 is 2.50 bits per heavy atom. The van der Waals surface area contributed by atoms with Gasteiger partial charge in [0.15, 0.2) is 0 Å². The van der Waals surface area contributed by atoms with Gasteiger partial charge in [-0.3, -0.25) is 0 Å². The molecule has 1 aliphatic heterocycles. The molecule has 0 saturated carbocycles. The van der Waals surface area contributed by atoms with Crippen LogP contribution in [0.3, 0.4) is 0 Å². The van der Waals surface area contributed by atoms with E-state index in [2.05, 4.69) is 84.8 Å². The van der Waals surface area contributed by atoms with Gasteiger partial charge in [0, 0.05) is 0 Å². The van der Waals surface area contributed by atoms with Crippen LogP contribution in [0.25, 0.3) is 44.3 Å². The Bertz CT molecular complexity index is 1620. The number of hydrogen-bond donors (Lipinski definition) is 0. The number of nitrogens with zero attached hydrogens (tertiary/aromatic N) is 1. The Kier molecular flexibility index (Phi) is 3.91. The van der Waals surface area contributed by atoms with Crippen LogP contribution in [0.2, 0.25) is 16.8 Å². The molecule has 0 aliphatic carbocycles. The SMILES string of the molecule is [2H]C1([2H])[CH2][Ge]([CH3])([CH3])[c]2c(-c3cccc4c3oc3c(-c5cccc[n+]5C)c(C)ccc34)cccc21. The number of furan rings is 1. The van der Waals surface area contributed by atoms with Crippen LogP contribution in [0.1, 0.15) is 13.9 Å². The normalized spacial score (nSPS) is 17.4. The minimum absolute atomic E-state index is 0.670. The number of rotatable bonds is 2. The van der Waals surface area contributed by atoms with Crippen molar-refractivity contribution in [3.63, 3.8) is 0 Å². The van der Waals surface area contributed by atoms with Crippen LogP contribution < -0.4 is 8.96 Å². The summed E-state index contributed by atoms with van der Waals surface area (Å²) in [6.45, 7) is 2.14. The quantitative estimate of drug-likeness (QED) is 0.207. The molecule has 0 fully saturated rings. The number of aryl methyl sites for hydroxylation is 3. The summed E-state index contributed by atoms with van der Waals surface area (Å²) in [5.41, 5.74) is 8.33. The molecule has 0 N–H and O–H groups in total. The summed E-state index contributed by atoms with van der Waals surface area (Å²) in [7, 11) is 2.07. The summed E-state index contributed by atoms with van der Waals surface area (Å²) < 4.78 is 27.6. The maximum atomic E-state index is 8.69. The van der Waals surface area contributed by atoms with Gasteiger partial charge in [-0.1, -0.05) is 0 Å². The predicted octanol–water partition coefficient (Wildman–Crippen LogP) is 6.52. The third kappa shape index (κ3) is 2.82. The third-order valence-electron chi connectivity index (χ3n) is 6.94. The maximum absolute atomic E-state index is 8.69. The number of aromatic nitrogens is 1. The summed E-state index contributed by atoms with van der Waals surface area (Å²) >= 11 is -2.54. The Balaban J connectivity index is 1.69. The second-order valence-electron chi connectivity index (χ2n) is 9.58. The van der Waals surface area contributed by atoms with Crippen LogP contribution in [0.5, 0.6) is 0 Å². The molecular formula is C29H28GeNO+. The van der Waals surface area contributed by atoms with Gasteiger partial charge in [0.2, 0.25) is 0 Å².